The molecular weight excluding hydrogens is 190 g/mol. The summed E-state index contributed by atoms with van der Waals surface area (Å²) in [7, 11) is 0. The molecule has 4 N–H and O–H groups in total. The van der Waals surface area contributed by atoms with Crippen molar-refractivity contribution in [3.8, 4) is 0 Å². The molecule has 0 aliphatic heterocycles. The standard InChI is InChI=1S/C10H19N5/c1-4-5-15(7(2)3)9-6-8(11)13-10(12)14-9/h6-7H,4-5H2,1-3H3,(H4,11,12,13,14). The van der Waals surface area contributed by atoms with Gasteiger partial charge >= 0.3 is 0 Å². The van der Waals surface area contributed by atoms with Crippen LogP contribution in [0.15, 0.2) is 6.07 Å². The summed E-state index contributed by atoms with van der Waals surface area (Å²) in [6.07, 6.45) is 1.06. The molecule has 5 heteroatoms. The monoisotopic (exact) mass is 209 g/mol. The number of anilines is 3. The van der Waals surface area contributed by atoms with Crippen molar-refractivity contribution >= 4 is 17.6 Å². The van der Waals surface area contributed by atoms with Gasteiger partial charge in [-0.05, 0) is 20.3 Å². The third-order valence-corrected chi connectivity index (χ3v) is 2.13. The molecule has 1 aromatic heterocycles. The Hall–Kier alpha value is -1.52. The molecule has 0 unspecified atom stereocenters. The maximum absolute atomic E-state index is 5.64. The van der Waals surface area contributed by atoms with Gasteiger partial charge in [-0.2, -0.15) is 9.97 Å². The molecule has 1 heterocycles. The van der Waals surface area contributed by atoms with Gasteiger partial charge in [-0.15, -0.1) is 0 Å². The largest absolute Gasteiger partial charge is 0.383 e. The molecule has 5 nitrogen and oxygen atoms in total. The van der Waals surface area contributed by atoms with E-state index in [-0.39, 0.29) is 5.95 Å². The summed E-state index contributed by atoms with van der Waals surface area (Å²) in [5.74, 6) is 1.45. The van der Waals surface area contributed by atoms with Gasteiger partial charge in [0.05, 0.1) is 0 Å². The topological polar surface area (TPSA) is 81.1 Å². The molecule has 0 aromatic carbocycles. The van der Waals surface area contributed by atoms with Crippen molar-refractivity contribution in [3.05, 3.63) is 6.07 Å². The molecule has 1 rings (SSSR count). The first-order valence-electron chi connectivity index (χ1n) is 5.21. The van der Waals surface area contributed by atoms with Gasteiger partial charge in [0.25, 0.3) is 0 Å². The third kappa shape index (κ3) is 2.97. The Morgan fingerprint density at radius 3 is 2.47 bits per heavy atom. The van der Waals surface area contributed by atoms with Gasteiger partial charge in [0.15, 0.2) is 0 Å². The lowest BCUT2D eigenvalue weighted by Gasteiger charge is -2.27. The first-order valence-corrected chi connectivity index (χ1v) is 5.21. The molecule has 0 atom stereocenters. The van der Waals surface area contributed by atoms with Crippen LogP contribution >= 0.6 is 0 Å². The summed E-state index contributed by atoms with van der Waals surface area (Å²) >= 11 is 0. The van der Waals surface area contributed by atoms with E-state index < -0.39 is 0 Å². The second-order valence-corrected chi connectivity index (χ2v) is 3.80. The summed E-state index contributed by atoms with van der Waals surface area (Å²) in [5, 5.41) is 0. The van der Waals surface area contributed by atoms with Gasteiger partial charge in [-0.1, -0.05) is 6.92 Å². The number of nitrogens with zero attached hydrogens (tertiary/aromatic N) is 3. The molecule has 0 bridgehead atoms. The lowest BCUT2D eigenvalue weighted by molar-refractivity contribution is 0.662. The fourth-order valence-electron chi connectivity index (χ4n) is 1.50. The van der Waals surface area contributed by atoms with E-state index in [0.29, 0.717) is 11.9 Å². The normalized spacial score (nSPS) is 10.7. The van der Waals surface area contributed by atoms with E-state index in [1.807, 2.05) is 0 Å². The van der Waals surface area contributed by atoms with E-state index in [1.54, 1.807) is 6.07 Å². The van der Waals surface area contributed by atoms with Crippen LogP contribution in [0, 0.1) is 0 Å². The Labute approximate surface area is 90.5 Å². The van der Waals surface area contributed by atoms with Gasteiger partial charge in [-0.25, -0.2) is 0 Å². The zero-order chi connectivity index (χ0) is 11.4. The highest BCUT2D eigenvalue weighted by molar-refractivity contribution is 5.50. The fourth-order valence-corrected chi connectivity index (χ4v) is 1.50. The quantitative estimate of drug-likeness (QED) is 0.780. The third-order valence-electron chi connectivity index (χ3n) is 2.13. The molecule has 0 spiro atoms. The number of aromatic nitrogens is 2. The minimum atomic E-state index is 0.228. The Morgan fingerprint density at radius 1 is 1.33 bits per heavy atom. The summed E-state index contributed by atoms with van der Waals surface area (Å²) < 4.78 is 0. The molecule has 1 aromatic rings. The fraction of sp³-hybridized carbons (Fsp3) is 0.600. The van der Waals surface area contributed by atoms with Gasteiger partial charge < -0.3 is 16.4 Å². The van der Waals surface area contributed by atoms with E-state index >= 15 is 0 Å². The average molecular weight is 209 g/mol. The van der Waals surface area contributed by atoms with E-state index in [4.69, 9.17) is 11.5 Å². The molecule has 0 fully saturated rings. The molecule has 0 aliphatic carbocycles. The summed E-state index contributed by atoms with van der Waals surface area (Å²) in [4.78, 5) is 10.2. The van der Waals surface area contributed by atoms with Crippen molar-refractivity contribution in [1.29, 1.82) is 0 Å². The van der Waals surface area contributed by atoms with Crippen LogP contribution in [0.5, 0.6) is 0 Å². The summed E-state index contributed by atoms with van der Waals surface area (Å²) in [6, 6.07) is 2.13. The SMILES string of the molecule is CCCN(c1cc(N)nc(N)n1)C(C)C. The Kier molecular flexibility index (Phi) is 3.71. The van der Waals surface area contributed by atoms with Crippen molar-refractivity contribution in [2.75, 3.05) is 22.9 Å². The number of hydrogen-bond donors (Lipinski definition) is 2. The average Bonchev–Trinajstić information content (AvgIpc) is 2.11. The highest BCUT2D eigenvalue weighted by atomic mass is 15.2. The predicted octanol–water partition coefficient (Wildman–Crippen LogP) is 1.27. The zero-order valence-corrected chi connectivity index (χ0v) is 9.57. The lowest BCUT2D eigenvalue weighted by Crippen LogP contribution is -2.32. The van der Waals surface area contributed by atoms with Gasteiger partial charge in [0.1, 0.15) is 11.6 Å². The molecule has 0 aliphatic rings. The number of nitrogen functional groups attached to an aromatic ring is 2. The highest BCUT2D eigenvalue weighted by Crippen LogP contribution is 2.17. The van der Waals surface area contributed by atoms with Crippen LogP contribution in [-0.4, -0.2) is 22.6 Å². The van der Waals surface area contributed by atoms with Crippen LogP contribution in [0.25, 0.3) is 0 Å². The summed E-state index contributed by atoms with van der Waals surface area (Å²) in [6.45, 7) is 7.30. The van der Waals surface area contributed by atoms with Gasteiger partial charge in [0.2, 0.25) is 5.95 Å². The zero-order valence-electron chi connectivity index (χ0n) is 9.57. The number of hydrogen-bond acceptors (Lipinski definition) is 5. The maximum atomic E-state index is 5.64. The second kappa shape index (κ2) is 4.82. The second-order valence-electron chi connectivity index (χ2n) is 3.80. The minimum Gasteiger partial charge on any atom is -0.383 e. The number of rotatable bonds is 4. The predicted molar refractivity (Wildman–Crippen MR) is 63.6 cm³/mol. The van der Waals surface area contributed by atoms with Crippen LogP contribution in [0.3, 0.4) is 0 Å². The van der Waals surface area contributed by atoms with Crippen molar-refractivity contribution in [3.63, 3.8) is 0 Å². The van der Waals surface area contributed by atoms with Crippen LogP contribution in [0.2, 0.25) is 0 Å². The van der Waals surface area contributed by atoms with Crippen molar-refractivity contribution in [2.45, 2.75) is 33.2 Å². The first kappa shape index (κ1) is 11.6. The lowest BCUT2D eigenvalue weighted by atomic mass is 10.3. The first-order chi connectivity index (χ1) is 7.04. The molecule has 0 saturated heterocycles. The summed E-state index contributed by atoms with van der Waals surface area (Å²) in [5.41, 5.74) is 11.2. The van der Waals surface area contributed by atoms with E-state index in [2.05, 4.69) is 35.6 Å². The van der Waals surface area contributed by atoms with E-state index in [9.17, 15) is 0 Å². The molecule has 0 radical (unpaired) electrons. The Bertz CT molecular complexity index is 303. The molecule has 0 saturated carbocycles. The van der Waals surface area contributed by atoms with E-state index in [1.165, 1.54) is 0 Å². The van der Waals surface area contributed by atoms with Crippen LogP contribution in [0.1, 0.15) is 27.2 Å². The van der Waals surface area contributed by atoms with Crippen LogP contribution < -0.4 is 16.4 Å². The number of nitrogens with two attached hydrogens (primary N) is 2. The van der Waals surface area contributed by atoms with Crippen LogP contribution in [0.4, 0.5) is 17.6 Å². The van der Waals surface area contributed by atoms with Gasteiger partial charge in [0, 0.05) is 18.7 Å². The van der Waals surface area contributed by atoms with Crippen molar-refractivity contribution < 1.29 is 0 Å². The minimum absolute atomic E-state index is 0.228. The van der Waals surface area contributed by atoms with Gasteiger partial charge in [-0.3, -0.25) is 0 Å². The van der Waals surface area contributed by atoms with Crippen molar-refractivity contribution in [2.24, 2.45) is 0 Å². The molecule has 15 heavy (non-hydrogen) atoms. The van der Waals surface area contributed by atoms with Crippen LogP contribution in [-0.2, 0) is 0 Å². The van der Waals surface area contributed by atoms with Crippen molar-refractivity contribution in [1.82, 2.24) is 9.97 Å². The Morgan fingerprint density at radius 2 is 2.00 bits per heavy atom. The smallest absolute Gasteiger partial charge is 0.223 e. The highest BCUT2D eigenvalue weighted by Gasteiger charge is 2.12. The molecule has 84 valence electrons. The Balaban J connectivity index is 2.99. The molecular formula is C10H19N5. The molecule has 0 amide bonds. The van der Waals surface area contributed by atoms with E-state index in [0.717, 1.165) is 18.8 Å². The maximum Gasteiger partial charge on any atom is 0.223 e.